The Kier molecular flexibility index (Phi) is 6.17. The normalized spacial score (nSPS) is 22.5. The van der Waals surface area contributed by atoms with E-state index in [1.54, 1.807) is 4.90 Å². The fourth-order valence-electron chi connectivity index (χ4n) is 4.32. The number of hydrogen-bond donors (Lipinski definition) is 1. The lowest BCUT2D eigenvalue weighted by Gasteiger charge is -2.45. The van der Waals surface area contributed by atoms with Gasteiger partial charge in [0.05, 0.1) is 6.61 Å². The Balaban J connectivity index is 1.73. The van der Waals surface area contributed by atoms with Crippen molar-refractivity contribution < 1.29 is 19.4 Å². The Morgan fingerprint density at radius 1 is 1.19 bits per heavy atom. The van der Waals surface area contributed by atoms with E-state index in [9.17, 15) is 14.7 Å². The molecule has 1 amide bonds. The highest BCUT2D eigenvalue weighted by Gasteiger charge is 2.54. The molecular formula is C21H30N2O4. The molecule has 1 aromatic rings. The number of carbonyl (C=O) groups is 2. The Morgan fingerprint density at radius 2 is 1.81 bits per heavy atom. The maximum atomic E-state index is 13.1. The molecule has 1 spiro atoms. The van der Waals surface area contributed by atoms with Crippen LogP contribution in [0.1, 0.15) is 45.1 Å². The first-order valence-electron chi connectivity index (χ1n) is 9.97. The van der Waals surface area contributed by atoms with Crippen molar-refractivity contribution in [2.24, 2.45) is 5.92 Å². The summed E-state index contributed by atoms with van der Waals surface area (Å²) in [7, 11) is 0. The number of nitrogens with zero attached hydrogens (tertiary/aromatic N) is 2. The largest absolute Gasteiger partial charge is 0.480 e. The first-order chi connectivity index (χ1) is 13.0. The van der Waals surface area contributed by atoms with E-state index in [-0.39, 0.29) is 18.4 Å². The number of aliphatic carboxylic acids is 1. The highest BCUT2D eigenvalue weighted by atomic mass is 16.5. The number of hydrogen-bond acceptors (Lipinski definition) is 4. The molecular weight excluding hydrogens is 344 g/mol. The molecule has 0 aliphatic carbocycles. The van der Waals surface area contributed by atoms with Gasteiger partial charge in [0.25, 0.3) is 0 Å². The molecule has 0 unspecified atom stereocenters. The molecule has 6 nitrogen and oxygen atoms in total. The van der Waals surface area contributed by atoms with Gasteiger partial charge in [-0.3, -0.25) is 14.6 Å². The van der Waals surface area contributed by atoms with E-state index in [2.05, 4.69) is 17.0 Å². The van der Waals surface area contributed by atoms with Gasteiger partial charge in [0, 0.05) is 38.4 Å². The van der Waals surface area contributed by atoms with Gasteiger partial charge in [-0.15, -0.1) is 0 Å². The number of carboxylic acid groups (broad SMARTS) is 1. The number of carbonyl (C=O) groups excluding carboxylic acids is 1. The van der Waals surface area contributed by atoms with Crippen LogP contribution in [0.3, 0.4) is 0 Å². The van der Waals surface area contributed by atoms with Gasteiger partial charge in [-0.05, 0) is 18.4 Å². The lowest BCUT2D eigenvalue weighted by molar-refractivity contribution is -0.169. The molecule has 0 aromatic heterocycles. The minimum absolute atomic E-state index is 0.0681. The van der Waals surface area contributed by atoms with Gasteiger partial charge < -0.3 is 9.84 Å². The van der Waals surface area contributed by atoms with Crippen LogP contribution in [0.2, 0.25) is 0 Å². The van der Waals surface area contributed by atoms with Crippen LogP contribution in [0, 0.1) is 5.92 Å². The summed E-state index contributed by atoms with van der Waals surface area (Å²) >= 11 is 0. The van der Waals surface area contributed by atoms with Gasteiger partial charge in [0.1, 0.15) is 5.72 Å². The smallest absolute Gasteiger partial charge is 0.328 e. The van der Waals surface area contributed by atoms with Crippen LogP contribution < -0.4 is 0 Å². The lowest BCUT2D eigenvalue weighted by atomic mass is 9.93. The number of carboxylic acids is 1. The molecule has 0 saturated carbocycles. The van der Waals surface area contributed by atoms with E-state index in [4.69, 9.17) is 4.74 Å². The van der Waals surface area contributed by atoms with Gasteiger partial charge in [-0.1, -0.05) is 44.2 Å². The maximum Gasteiger partial charge on any atom is 0.328 e. The highest BCUT2D eigenvalue weighted by Crippen LogP contribution is 2.39. The molecule has 0 radical (unpaired) electrons. The third kappa shape index (κ3) is 4.01. The third-order valence-corrected chi connectivity index (χ3v) is 6.00. The fourth-order valence-corrected chi connectivity index (χ4v) is 4.32. The number of likely N-dealkylation sites (tertiary alicyclic amines) is 1. The van der Waals surface area contributed by atoms with Crippen molar-refractivity contribution in [1.29, 1.82) is 0 Å². The zero-order valence-electron chi connectivity index (χ0n) is 16.3. The van der Waals surface area contributed by atoms with E-state index in [1.807, 2.05) is 32.0 Å². The molecule has 3 rings (SSSR count). The molecule has 1 aromatic carbocycles. The molecule has 1 atom stereocenters. The summed E-state index contributed by atoms with van der Waals surface area (Å²) in [5.41, 5.74) is 0.491. The standard InChI is InChI=1S/C21H30N2O4/c1-3-17(4-2)19(24)23-18(20(25)26)15-27-21(23)10-12-22(13-11-21)14-16-8-6-5-7-9-16/h5-9,17-18H,3-4,10-15H2,1-2H3,(H,25,26)/t18-/m1/s1. The molecule has 1 N–H and O–H groups in total. The second kappa shape index (κ2) is 8.40. The van der Waals surface area contributed by atoms with Gasteiger partial charge >= 0.3 is 5.97 Å². The zero-order valence-corrected chi connectivity index (χ0v) is 16.3. The van der Waals surface area contributed by atoms with Crippen molar-refractivity contribution in [1.82, 2.24) is 9.80 Å². The van der Waals surface area contributed by atoms with Crippen LogP contribution in [0.15, 0.2) is 30.3 Å². The molecule has 2 aliphatic rings. The van der Waals surface area contributed by atoms with Gasteiger partial charge in [0.2, 0.25) is 5.91 Å². The predicted molar refractivity (Wildman–Crippen MR) is 102 cm³/mol. The number of ether oxygens (including phenoxy) is 1. The van der Waals surface area contributed by atoms with Gasteiger partial charge in [0.15, 0.2) is 6.04 Å². The Bertz CT molecular complexity index is 651. The molecule has 2 heterocycles. The van der Waals surface area contributed by atoms with Crippen LogP contribution in [-0.4, -0.2) is 58.2 Å². The van der Waals surface area contributed by atoms with Crippen molar-refractivity contribution in [2.45, 2.75) is 57.8 Å². The van der Waals surface area contributed by atoms with Crippen LogP contribution in [-0.2, 0) is 20.9 Å². The van der Waals surface area contributed by atoms with Crippen molar-refractivity contribution in [3.63, 3.8) is 0 Å². The highest BCUT2D eigenvalue weighted by molar-refractivity contribution is 5.86. The molecule has 27 heavy (non-hydrogen) atoms. The van der Waals surface area contributed by atoms with E-state index < -0.39 is 17.7 Å². The van der Waals surface area contributed by atoms with E-state index in [1.165, 1.54) is 5.56 Å². The molecule has 2 saturated heterocycles. The quantitative estimate of drug-likeness (QED) is 0.829. The van der Waals surface area contributed by atoms with E-state index in [0.717, 1.165) is 19.6 Å². The minimum atomic E-state index is -0.974. The Labute approximate surface area is 161 Å². The maximum absolute atomic E-state index is 13.1. The monoisotopic (exact) mass is 374 g/mol. The van der Waals surface area contributed by atoms with Gasteiger partial charge in [-0.25, -0.2) is 4.79 Å². The Morgan fingerprint density at radius 3 is 2.37 bits per heavy atom. The summed E-state index contributed by atoms with van der Waals surface area (Å²) in [4.78, 5) is 28.8. The zero-order chi connectivity index (χ0) is 19.4. The first kappa shape index (κ1) is 19.8. The van der Waals surface area contributed by atoms with Crippen molar-refractivity contribution in [2.75, 3.05) is 19.7 Å². The summed E-state index contributed by atoms with van der Waals surface area (Å²) in [6.07, 6.45) is 2.73. The number of amides is 1. The summed E-state index contributed by atoms with van der Waals surface area (Å²) in [5, 5.41) is 9.64. The second-order valence-electron chi connectivity index (χ2n) is 7.59. The number of piperidine rings is 1. The summed E-state index contributed by atoms with van der Waals surface area (Å²) in [6, 6.07) is 9.43. The number of rotatable bonds is 6. The topological polar surface area (TPSA) is 70.1 Å². The summed E-state index contributed by atoms with van der Waals surface area (Å²) < 4.78 is 6.02. The third-order valence-electron chi connectivity index (χ3n) is 6.00. The van der Waals surface area contributed by atoms with Gasteiger partial charge in [-0.2, -0.15) is 0 Å². The SMILES string of the molecule is CCC(CC)C(=O)N1[C@@H](C(=O)O)COC12CCN(Cc1ccccc1)CC2. The molecule has 0 bridgehead atoms. The fraction of sp³-hybridized carbons (Fsp3) is 0.619. The predicted octanol–water partition coefficient (Wildman–Crippen LogP) is 2.73. The van der Waals surface area contributed by atoms with Crippen LogP contribution >= 0.6 is 0 Å². The molecule has 2 aliphatic heterocycles. The average Bonchev–Trinajstić information content (AvgIpc) is 3.04. The number of benzene rings is 1. The average molecular weight is 374 g/mol. The summed E-state index contributed by atoms with van der Waals surface area (Å²) in [5.74, 6) is -1.19. The second-order valence-corrected chi connectivity index (χ2v) is 7.59. The molecule has 2 fully saturated rings. The van der Waals surface area contributed by atoms with Crippen LogP contribution in [0.25, 0.3) is 0 Å². The van der Waals surface area contributed by atoms with Crippen molar-refractivity contribution in [3.05, 3.63) is 35.9 Å². The van der Waals surface area contributed by atoms with Crippen LogP contribution in [0.5, 0.6) is 0 Å². The summed E-state index contributed by atoms with van der Waals surface area (Å²) in [6.45, 7) is 6.48. The van der Waals surface area contributed by atoms with Crippen molar-refractivity contribution >= 4 is 11.9 Å². The first-order valence-corrected chi connectivity index (χ1v) is 9.97. The Hall–Kier alpha value is -1.92. The molecule has 148 valence electrons. The van der Waals surface area contributed by atoms with Crippen LogP contribution in [0.4, 0.5) is 0 Å². The minimum Gasteiger partial charge on any atom is -0.480 e. The van der Waals surface area contributed by atoms with E-state index in [0.29, 0.717) is 25.7 Å². The van der Waals surface area contributed by atoms with Crippen molar-refractivity contribution in [3.8, 4) is 0 Å². The lowest BCUT2D eigenvalue weighted by Crippen LogP contribution is -2.59. The molecule has 6 heteroatoms. The van der Waals surface area contributed by atoms with E-state index >= 15 is 0 Å².